The summed E-state index contributed by atoms with van der Waals surface area (Å²) in [4.78, 5) is 27.5. The Hall–Kier alpha value is -3.38. The summed E-state index contributed by atoms with van der Waals surface area (Å²) in [6, 6.07) is 16.2. The average Bonchev–Trinajstić information content (AvgIpc) is 3.15. The number of carbonyl (C=O) groups is 2. The van der Waals surface area contributed by atoms with Gasteiger partial charge in [0.15, 0.2) is 5.76 Å². The van der Waals surface area contributed by atoms with Gasteiger partial charge in [-0.3, -0.25) is 9.59 Å². The molecule has 4 rings (SSSR count). The smallest absolute Gasteiger partial charge is 0.294 e. The summed E-state index contributed by atoms with van der Waals surface area (Å²) >= 11 is 5.98. The molecule has 1 aliphatic rings. The summed E-state index contributed by atoms with van der Waals surface area (Å²) in [6.07, 6.45) is 2.24. The fourth-order valence-electron chi connectivity index (χ4n) is 3.97. The normalized spacial score (nSPS) is 14.2. The first-order valence-corrected chi connectivity index (χ1v) is 11.0. The van der Waals surface area contributed by atoms with Crippen LogP contribution in [0.5, 0.6) is 0 Å². The third kappa shape index (κ3) is 4.32. The largest absolute Gasteiger partial charge is 0.455 e. The highest BCUT2D eigenvalue weighted by atomic mass is 35.5. The zero-order valence-corrected chi connectivity index (χ0v) is 18.8. The fraction of sp³-hybridized carbons (Fsp3) is 0.240. The van der Waals surface area contributed by atoms with E-state index in [4.69, 9.17) is 16.0 Å². The number of fused-ring (bicyclic) bond motifs is 1. The molecule has 32 heavy (non-hydrogen) atoms. The summed E-state index contributed by atoms with van der Waals surface area (Å²) in [7, 11) is 0. The van der Waals surface area contributed by atoms with Crippen molar-refractivity contribution in [2.45, 2.75) is 33.1 Å². The Balaban J connectivity index is 1.62. The lowest BCUT2D eigenvalue weighted by atomic mass is 9.93. The molecule has 1 N–H and O–H groups in total. The van der Waals surface area contributed by atoms with Gasteiger partial charge in [-0.2, -0.15) is 5.10 Å². The van der Waals surface area contributed by atoms with Crippen LogP contribution in [-0.4, -0.2) is 24.1 Å². The second-order valence-corrected chi connectivity index (χ2v) is 8.04. The molecule has 0 saturated heterocycles. The van der Waals surface area contributed by atoms with Crippen LogP contribution >= 0.6 is 11.6 Å². The maximum Gasteiger partial charge on any atom is 0.294 e. The Morgan fingerprint density at radius 1 is 1.12 bits per heavy atom. The lowest BCUT2D eigenvalue weighted by Gasteiger charge is -2.20. The summed E-state index contributed by atoms with van der Waals surface area (Å²) < 4.78 is 6.04. The number of benzene rings is 2. The van der Waals surface area contributed by atoms with E-state index in [2.05, 4.69) is 10.5 Å². The molecule has 6 nitrogen and oxygen atoms in total. The number of aryl methyl sites for hydroxylation is 1. The zero-order chi connectivity index (χ0) is 22.7. The number of rotatable bonds is 5. The molecule has 0 fully saturated rings. The molecule has 164 valence electrons. The van der Waals surface area contributed by atoms with Crippen molar-refractivity contribution in [2.75, 3.05) is 11.4 Å². The Labute approximate surface area is 191 Å². The van der Waals surface area contributed by atoms with E-state index in [9.17, 15) is 9.59 Å². The molecule has 3 aromatic rings. The molecule has 0 saturated carbocycles. The van der Waals surface area contributed by atoms with Crippen LogP contribution in [0.1, 0.15) is 57.6 Å². The third-order valence-electron chi connectivity index (χ3n) is 5.53. The molecular weight excluding hydrogens is 426 g/mol. The molecule has 2 amide bonds. The molecular formula is C25H24ClN3O3. The minimum absolute atomic E-state index is 0.187. The predicted molar refractivity (Wildman–Crippen MR) is 126 cm³/mol. The van der Waals surface area contributed by atoms with Crippen molar-refractivity contribution in [2.24, 2.45) is 5.10 Å². The summed E-state index contributed by atoms with van der Waals surface area (Å²) in [5.41, 5.74) is 6.13. The molecule has 0 radical (unpaired) electrons. The molecule has 1 heterocycles. The van der Waals surface area contributed by atoms with Crippen molar-refractivity contribution in [3.05, 3.63) is 87.8 Å². The third-order valence-corrected chi connectivity index (χ3v) is 5.76. The quantitative estimate of drug-likeness (QED) is 0.531. The lowest BCUT2D eigenvalue weighted by molar-refractivity contribution is 0.0949. The first-order valence-electron chi connectivity index (χ1n) is 10.6. The van der Waals surface area contributed by atoms with Crippen LogP contribution in [0.25, 0.3) is 0 Å². The molecule has 7 heteroatoms. The van der Waals surface area contributed by atoms with Gasteiger partial charge < -0.3 is 9.32 Å². The predicted octanol–water partition coefficient (Wildman–Crippen LogP) is 5.38. The van der Waals surface area contributed by atoms with Crippen LogP contribution in [0, 0.1) is 6.92 Å². The van der Waals surface area contributed by atoms with Crippen molar-refractivity contribution < 1.29 is 14.0 Å². The van der Waals surface area contributed by atoms with Gasteiger partial charge in [-0.1, -0.05) is 35.9 Å². The van der Waals surface area contributed by atoms with E-state index in [0.717, 1.165) is 35.4 Å². The first-order chi connectivity index (χ1) is 15.5. The number of furan rings is 1. The van der Waals surface area contributed by atoms with E-state index in [0.29, 0.717) is 35.0 Å². The van der Waals surface area contributed by atoms with Gasteiger partial charge in [-0.05, 0) is 57.0 Å². The molecule has 0 spiro atoms. The number of hydrazone groups is 1. The minimum Gasteiger partial charge on any atom is -0.455 e. The highest BCUT2D eigenvalue weighted by molar-refractivity contribution is 6.31. The zero-order valence-electron chi connectivity index (χ0n) is 18.0. The van der Waals surface area contributed by atoms with E-state index >= 15 is 0 Å². The average molecular weight is 450 g/mol. The Bertz CT molecular complexity index is 1180. The number of para-hydroxylation sites is 1. The van der Waals surface area contributed by atoms with Crippen molar-refractivity contribution in [1.29, 1.82) is 0 Å². The van der Waals surface area contributed by atoms with Crippen molar-refractivity contribution in [3.8, 4) is 0 Å². The maximum absolute atomic E-state index is 13.3. The van der Waals surface area contributed by atoms with Gasteiger partial charge in [0.2, 0.25) is 0 Å². The molecule has 0 atom stereocenters. The highest BCUT2D eigenvalue weighted by Crippen LogP contribution is 2.31. The van der Waals surface area contributed by atoms with Crippen molar-refractivity contribution in [1.82, 2.24) is 5.43 Å². The van der Waals surface area contributed by atoms with E-state index in [1.165, 1.54) is 0 Å². The lowest BCUT2D eigenvalue weighted by Crippen LogP contribution is -2.30. The number of anilines is 1. The van der Waals surface area contributed by atoms with Gasteiger partial charge >= 0.3 is 0 Å². The summed E-state index contributed by atoms with van der Waals surface area (Å²) in [6.45, 7) is 4.32. The van der Waals surface area contributed by atoms with Crippen LogP contribution in [0.4, 0.5) is 5.69 Å². The van der Waals surface area contributed by atoms with E-state index < -0.39 is 0 Å². The molecule has 0 aliphatic heterocycles. The van der Waals surface area contributed by atoms with Crippen LogP contribution in [0.3, 0.4) is 0 Å². The number of nitrogens with one attached hydrogen (secondary N) is 1. The first kappa shape index (κ1) is 21.8. The fourth-order valence-corrected chi connectivity index (χ4v) is 4.16. The maximum atomic E-state index is 13.3. The van der Waals surface area contributed by atoms with E-state index in [1.54, 1.807) is 29.2 Å². The number of hydrogen-bond acceptors (Lipinski definition) is 4. The van der Waals surface area contributed by atoms with Crippen molar-refractivity contribution >= 4 is 34.8 Å². The number of hydrogen-bond donors (Lipinski definition) is 1. The van der Waals surface area contributed by atoms with Gasteiger partial charge in [-0.25, -0.2) is 5.43 Å². The highest BCUT2D eigenvalue weighted by Gasteiger charge is 2.30. The van der Waals surface area contributed by atoms with Gasteiger partial charge in [0.05, 0.1) is 5.71 Å². The molecule has 0 bridgehead atoms. The van der Waals surface area contributed by atoms with Gasteiger partial charge in [0.25, 0.3) is 11.8 Å². The second kappa shape index (κ2) is 9.40. The number of carbonyl (C=O) groups excluding carboxylic acids is 2. The Kier molecular flexibility index (Phi) is 6.42. The second-order valence-electron chi connectivity index (χ2n) is 7.60. The number of halogens is 1. The van der Waals surface area contributed by atoms with Crippen molar-refractivity contribution in [3.63, 3.8) is 0 Å². The number of amides is 2. The Morgan fingerprint density at radius 2 is 1.91 bits per heavy atom. The number of nitrogens with zero attached hydrogens (tertiary/aromatic N) is 2. The van der Waals surface area contributed by atoms with Gasteiger partial charge in [0, 0.05) is 40.4 Å². The van der Waals surface area contributed by atoms with Crippen LogP contribution in [-0.2, 0) is 6.42 Å². The molecule has 2 aromatic carbocycles. The minimum atomic E-state index is -0.342. The Morgan fingerprint density at radius 3 is 2.62 bits per heavy atom. The molecule has 1 aromatic heterocycles. The molecule has 0 unspecified atom stereocenters. The van der Waals surface area contributed by atoms with Gasteiger partial charge in [0.1, 0.15) is 5.76 Å². The SMILES string of the molecule is CCN(C(=O)c1oc2c(c1C)/C(=N/NC(=O)c1cccc(Cl)c1)CCC2)c1ccccc1. The van der Waals surface area contributed by atoms with Crippen LogP contribution in [0.2, 0.25) is 5.02 Å². The summed E-state index contributed by atoms with van der Waals surface area (Å²) in [5.74, 6) is 0.521. The monoisotopic (exact) mass is 449 g/mol. The van der Waals surface area contributed by atoms with Gasteiger partial charge in [-0.15, -0.1) is 0 Å². The summed E-state index contributed by atoms with van der Waals surface area (Å²) in [5, 5.41) is 4.86. The molecule has 1 aliphatic carbocycles. The van der Waals surface area contributed by atoms with Crippen LogP contribution in [0.15, 0.2) is 64.1 Å². The van der Waals surface area contributed by atoms with Crippen LogP contribution < -0.4 is 10.3 Å². The standard InChI is InChI=1S/C25H24ClN3O3/c1-3-29(19-11-5-4-6-12-19)25(31)23-16(2)22-20(13-8-14-21(22)32-23)27-28-24(30)17-9-7-10-18(26)15-17/h4-7,9-12,15H,3,8,13-14H2,1-2H3,(H,28,30)/b27-20+. The van der Waals surface area contributed by atoms with E-state index in [1.807, 2.05) is 44.2 Å². The van der Waals surface area contributed by atoms with E-state index in [-0.39, 0.29) is 11.8 Å². The topological polar surface area (TPSA) is 74.9 Å².